The van der Waals surface area contributed by atoms with Crippen molar-refractivity contribution in [2.45, 2.75) is 84.0 Å². The summed E-state index contributed by atoms with van der Waals surface area (Å²) in [6.45, 7) is 6.63. The number of aliphatic imine (C=N–C) groups is 1. The van der Waals surface area contributed by atoms with Crippen molar-refractivity contribution in [3.8, 4) is 0 Å². The largest absolute Gasteiger partial charge is 0.327 e. The Labute approximate surface area is 148 Å². The van der Waals surface area contributed by atoms with E-state index >= 15 is 0 Å². The number of hydrogen-bond acceptors (Lipinski definition) is 2. The lowest BCUT2D eigenvalue weighted by atomic mass is 9.80. The van der Waals surface area contributed by atoms with Crippen molar-refractivity contribution < 1.29 is 4.79 Å². The Morgan fingerprint density at radius 1 is 1.12 bits per heavy atom. The molecule has 0 radical (unpaired) electrons. The molecule has 1 aliphatic rings. The van der Waals surface area contributed by atoms with Gasteiger partial charge in [-0.15, -0.1) is 0 Å². The first-order valence-electron chi connectivity index (χ1n) is 9.79. The molecule has 1 saturated carbocycles. The maximum absolute atomic E-state index is 11.1. The van der Waals surface area contributed by atoms with Gasteiger partial charge < -0.3 is 5.32 Å². The van der Waals surface area contributed by atoms with E-state index in [-0.39, 0.29) is 0 Å². The smallest absolute Gasteiger partial charge is 0.211 e. The molecule has 0 atom stereocenters. The zero-order valence-electron chi connectivity index (χ0n) is 15.8. The minimum Gasteiger partial charge on any atom is -0.327 e. The topological polar surface area (TPSA) is 41.5 Å². The van der Waals surface area contributed by atoms with Gasteiger partial charge in [0.1, 0.15) is 0 Å². The molecule has 1 rings (SSSR count). The van der Waals surface area contributed by atoms with Crippen LogP contribution in [-0.2, 0) is 4.79 Å². The van der Waals surface area contributed by atoms with Crippen LogP contribution in [-0.4, -0.2) is 19.7 Å². The maximum atomic E-state index is 11.1. The third-order valence-corrected chi connectivity index (χ3v) is 4.99. The van der Waals surface area contributed by atoms with Crippen LogP contribution < -0.4 is 5.32 Å². The van der Waals surface area contributed by atoms with Gasteiger partial charge in [-0.05, 0) is 42.7 Å². The van der Waals surface area contributed by atoms with Gasteiger partial charge in [0, 0.05) is 13.3 Å². The Bertz CT molecular complexity index is 429. The van der Waals surface area contributed by atoms with Gasteiger partial charge >= 0.3 is 0 Å². The molecular weight excluding hydrogens is 296 g/mol. The molecule has 136 valence electrons. The monoisotopic (exact) mass is 332 g/mol. The Hall–Kier alpha value is -1.38. The second kappa shape index (κ2) is 13.0. The Morgan fingerprint density at radius 3 is 2.38 bits per heavy atom. The Kier molecular flexibility index (Phi) is 11.2. The first-order valence-corrected chi connectivity index (χ1v) is 9.79. The number of amides is 1. The molecule has 0 aromatic carbocycles. The van der Waals surface area contributed by atoms with Crippen molar-refractivity contribution in [2.24, 2.45) is 10.9 Å². The summed E-state index contributed by atoms with van der Waals surface area (Å²) in [6.07, 6.45) is 17.5. The predicted octanol–water partition coefficient (Wildman–Crippen LogP) is 5.57. The summed E-state index contributed by atoms with van der Waals surface area (Å²) in [5.41, 5.74) is 3.31. The molecule has 0 aromatic heterocycles. The van der Waals surface area contributed by atoms with Crippen LogP contribution in [0.15, 0.2) is 28.4 Å². The fraction of sp³-hybridized carbons (Fsp3) is 0.714. The van der Waals surface area contributed by atoms with E-state index in [4.69, 9.17) is 0 Å². The second-order valence-electron chi connectivity index (χ2n) is 6.93. The van der Waals surface area contributed by atoms with Crippen LogP contribution in [0, 0.1) is 5.92 Å². The molecule has 24 heavy (non-hydrogen) atoms. The van der Waals surface area contributed by atoms with Crippen LogP contribution in [0.4, 0.5) is 0 Å². The van der Waals surface area contributed by atoms with Gasteiger partial charge in [0.05, 0.1) is 5.70 Å². The molecule has 0 aromatic rings. The number of nitrogens with zero attached hydrogens (tertiary/aromatic N) is 1. The lowest BCUT2D eigenvalue weighted by Gasteiger charge is -2.26. The highest BCUT2D eigenvalue weighted by Gasteiger charge is 2.21. The molecule has 0 aliphatic heterocycles. The number of unbranched alkanes of at least 4 members (excludes halogenated alkanes) is 3. The SMILES string of the molecule is C=C(CCCCCC)/C(=C(\C=N/C)NC=O)C1CCCCCCC1. The molecule has 3 nitrogen and oxygen atoms in total. The standard InChI is InChI=1S/C21H36N2O/c1-4-5-6-10-13-18(2)21(20(16-22-3)23-17-24)19-14-11-8-7-9-12-15-19/h16-17,19H,2,4-15H2,1,3H3,(H,23,24)/b21-20-,22-16-. The quantitative estimate of drug-likeness (QED) is 0.241. The van der Waals surface area contributed by atoms with Gasteiger partial charge in [-0.2, -0.15) is 0 Å². The molecule has 1 N–H and O–H groups in total. The molecule has 0 saturated heterocycles. The summed E-state index contributed by atoms with van der Waals surface area (Å²) in [4.78, 5) is 15.2. The minimum atomic E-state index is 0.504. The van der Waals surface area contributed by atoms with Gasteiger partial charge in [-0.1, -0.05) is 64.9 Å². The Balaban J connectivity index is 2.97. The summed E-state index contributed by atoms with van der Waals surface area (Å²) < 4.78 is 0. The van der Waals surface area contributed by atoms with E-state index in [2.05, 4.69) is 23.8 Å². The van der Waals surface area contributed by atoms with Crippen LogP contribution in [0.2, 0.25) is 0 Å². The van der Waals surface area contributed by atoms with Crippen LogP contribution in [0.1, 0.15) is 84.0 Å². The zero-order chi connectivity index (χ0) is 17.6. The lowest BCUT2D eigenvalue weighted by Crippen LogP contribution is -2.20. The lowest BCUT2D eigenvalue weighted by molar-refractivity contribution is -0.108. The fourth-order valence-electron chi connectivity index (χ4n) is 3.72. The van der Waals surface area contributed by atoms with Gasteiger partial charge in [0.25, 0.3) is 0 Å². The zero-order valence-corrected chi connectivity index (χ0v) is 15.8. The maximum Gasteiger partial charge on any atom is 0.211 e. The number of carbonyl (C=O) groups excluding carboxylic acids is 1. The van der Waals surface area contributed by atoms with E-state index in [1.807, 2.05) is 0 Å². The minimum absolute atomic E-state index is 0.504. The van der Waals surface area contributed by atoms with Gasteiger partial charge in [0.15, 0.2) is 0 Å². The van der Waals surface area contributed by atoms with Gasteiger partial charge in [-0.25, -0.2) is 0 Å². The number of nitrogens with one attached hydrogen (secondary N) is 1. The highest BCUT2D eigenvalue weighted by Crippen LogP contribution is 2.34. The van der Waals surface area contributed by atoms with E-state index in [9.17, 15) is 4.79 Å². The third kappa shape index (κ3) is 7.46. The van der Waals surface area contributed by atoms with E-state index in [1.165, 1.54) is 81.8 Å². The summed E-state index contributed by atoms with van der Waals surface area (Å²) in [5, 5.41) is 2.89. The van der Waals surface area contributed by atoms with Crippen LogP contribution in [0.3, 0.4) is 0 Å². The molecular formula is C21H36N2O. The van der Waals surface area contributed by atoms with E-state index < -0.39 is 0 Å². The molecule has 1 fully saturated rings. The molecule has 0 unspecified atom stereocenters. The average molecular weight is 333 g/mol. The van der Waals surface area contributed by atoms with E-state index in [1.54, 1.807) is 13.3 Å². The number of hydrogen-bond donors (Lipinski definition) is 1. The highest BCUT2D eigenvalue weighted by molar-refractivity contribution is 5.83. The number of rotatable bonds is 10. The fourth-order valence-corrected chi connectivity index (χ4v) is 3.72. The van der Waals surface area contributed by atoms with Crippen molar-refractivity contribution in [1.82, 2.24) is 5.32 Å². The Morgan fingerprint density at radius 2 is 1.79 bits per heavy atom. The van der Waals surface area contributed by atoms with Crippen molar-refractivity contribution in [3.63, 3.8) is 0 Å². The average Bonchev–Trinajstić information content (AvgIpc) is 2.54. The van der Waals surface area contributed by atoms with Crippen molar-refractivity contribution in [1.29, 1.82) is 0 Å². The van der Waals surface area contributed by atoms with Crippen molar-refractivity contribution >= 4 is 12.6 Å². The van der Waals surface area contributed by atoms with Crippen LogP contribution in [0.25, 0.3) is 0 Å². The molecule has 0 heterocycles. The molecule has 1 amide bonds. The third-order valence-electron chi connectivity index (χ3n) is 4.99. The van der Waals surface area contributed by atoms with Crippen LogP contribution in [0.5, 0.6) is 0 Å². The first-order chi connectivity index (χ1) is 11.7. The molecule has 0 spiro atoms. The van der Waals surface area contributed by atoms with E-state index in [0.29, 0.717) is 5.92 Å². The van der Waals surface area contributed by atoms with E-state index in [0.717, 1.165) is 18.5 Å². The molecule has 1 aliphatic carbocycles. The number of carbonyl (C=O) groups is 1. The predicted molar refractivity (Wildman–Crippen MR) is 104 cm³/mol. The van der Waals surface area contributed by atoms with Crippen molar-refractivity contribution in [3.05, 3.63) is 23.4 Å². The summed E-state index contributed by atoms with van der Waals surface area (Å²) in [7, 11) is 1.76. The number of allylic oxidation sites excluding steroid dienone is 3. The van der Waals surface area contributed by atoms with Crippen molar-refractivity contribution in [2.75, 3.05) is 7.05 Å². The van der Waals surface area contributed by atoms with Gasteiger partial charge in [0.2, 0.25) is 6.41 Å². The first kappa shape index (κ1) is 20.7. The summed E-state index contributed by atoms with van der Waals surface area (Å²) in [6, 6.07) is 0. The van der Waals surface area contributed by atoms with Crippen LogP contribution >= 0.6 is 0 Å². The van der Waals surface area contributed by atoms with Gasteiger partial charge in [-0.3, -0.25) is 9.79 Å². The highest BCUT2D eigenvalue weighted by atomic mass is 16.1. The molecule has 0 bridgehead atoms. The normalized spacial score (nSPS) is 17.9. The second-order valence-corrected chi connectivity index (χ2v) is 6.93. The summed E-state index contributed by atoms with van der Waals surface area (Å²) >= 11 is 0. The molecule has 3 heteroatoms. The summed E-state index contributed by atoms with van der Waals surface area (Å²) in [5.74, 6) is 0.504.